The van der Waals surface area contributed by atoms with E-state index in [1.54, 1.807) is 0 Å². The maximum Gasteiger partial charge on any atom is 0.140 e. The summed E-state index contributed by atoms with van der Waals surface area (Å²) < 4.78 is 0. The molecule has 0 saturated heterocycles. The lowest BCUT2D eigenvalue weighted by Crippen LogP contribution is -2.35. The number of hydrogen-bond donors (Lipinski definition) is 1. The molecule has 0 radical (unpaired) electrons. The van der Waals surface area contributed by atoms with E-state index in [2.05, 4.69) is 67.5 Å². The van der Waals surface area contributed by atoms with Crippen molar-refractivity contribution in [1.82, 2.24) is 0 Å². The molecule has 3 saturated carbocycles. The number of ketones is 1. The zero-order valence-corrected chi connectivity index (χ0v) is 25.5. The summed E-state index contributed by atoms with van der Waals surface area (Å²) in [7, 11) is 0. The van der Waals surface area contributed by atoms with Gasteiger partial charge in [0.05, 0.1) is 0 Å². The average molecular weight is 520 g/mol. The Bertz CT molecular complexity index is 950. The summed E-state index contributed by atoms with van der Waals surface area (Å²) in [6, 6.07) is 0. The van der Waals surface area contributed by atoms with E-state index in [-0.39, 0.29) is 17.3 Å². The normalized spacial score (nSPS) is 27.3. The molecule has 2 nitrogen and oxygen atoms in total. The average Bonchev–Trinajstić information content (AvgIpc) is 3.16. The van der Waals surface area contributed by atoms with Crippen LogP contribution in [0.5, 0.6) is 0 Å². The Morgan fingerprint density at radius 1 is 0.921 bits per heavy atom. The smallest absolute Gasteiger partial charge is 0.140 e. The van der Waals surface area contributed by atoms with E-state index in [1.165, 1.54) is 43.3 Å². The Morgan fingerprint density at radius 2 is 1.50 bits per heavy atom. The Kier molecular flexibility index (Phi) is 9.81. The van der Waals surface area contributed by atoms with Gasteiger partial charge in [-0.2, -0.15) is 0 Å². The van der Waals surface area contributed by atoms with Crippen molar-refractivity contribution in [2.75, 3.05) is 0 Å². The van der Waals surface area contributed by atoms with E-state index in [0.717, 1.165) is 56.1 Å². The molecule has 0 aromatic rings. The van der Waals surface area contributed by atoms with Gasteiger partial charge in [-0.1, -0.05) is 109 Å². The molecule has 0 aromatic heterocycles. The predicted molar refractivity (Wildman–Crippen MR) is 164 cm³/mol. The molecule has 0 amide bonds. The molecule has 5 atom stereocenters. The topological polar surface area (TPSA) is 43.1 Å². The van der Waals surface area contributed by atoms with Gasteiger partial charge in [0.15, 0.2) is 0 Å². The van der Waals surface area contributed by atoms with Crippen molar-refractivity contribution in [1.29, 1.82) is 0 Å². The lowest BCUT2D eigenvalue weighted by molar-refractivity contribution is -0.130. The Labute approximate surface area is 235 Å². The van der Waals surface area contributed by atoms with Gasteiger partial charge in [-0.15, -0.1) is 0 Å². The molecule has 3 rings (SSSR count). The van der Waals surface area contributed by atoms with Crippen molar-refractivity contribution in [2.24, 2.45) is 52.1 Å². The van der Waals surface area contributed by atoms with Crippen LogP contribution < -0.4 is 5.73 Å². The lowest BCUT2D eigenvalue weighted by Gasteiger charge is -2.36. The summed E-state index contributed by atoms with van der Waals surface area (Å²) in [5, 5.41) is 0. The standard InChI is InChI=1S/C36H57NO/c1-23(22-35(6,7)8)20-29(28-14-12-11-13-15-28)34(38)30-21-31-33(36(31,9)10)32(30)26(4)17-16-24(2)25(3)18-19-27(5)37/h28-33H,1-5,11-22,37H2,6-10H3. The molecule has 0 aromatic carbocycles. The largest absolute Gasteiger partial charge is 0.403 e. The van der Waals surface area contributed by atoms with Gasteiger partial charge in [-0.3, -0.25) is 4.79 Å². The summed E-state index contributed by atoms with van der Waals surface area (Å²) in [5.41, 5.74) is 11.6. The van der Waals surface area contributed by atoms with Crippen molar-refractivity contribution < 1.29 is 4.79 Å². The molecule has 0 bridgehead atoms. The first-order valence-corrected chi connectivity index (χ1v) is 15.3. The fraction of sp³-hybridized carbons (Fsp3) is 0.694. The minimum absolute atomic E-state index is 0.122. The molecule has 2 heteroatoms. The number of nitrogens with two attached hydrogens (primary N) is 1. The van der Waals surface area contributed by atoms with Gasteiger partial charge in [0.1, 0.15) is 5.78 Å². The zero-order chi connectivity index (χ0) is 28.4. The van der Waals surface area contributed by atoms with Gasteiger partial charge in [0.25, 0.3) is 0 Å². The fourth-order valence-electron chi connectivity index (χ4n) is 8.04. The van der Waals surface area contributed by atoms with Crippen LogP contribution in [0.25, 0.3) is 0 Å². The van der Waals surface area contributed by atoms with Gasteiger partial charge in [-0.25, -0.2) is 0 Å². The van der Waals surface area contributed by atoms with Crippen molar-refractivity contribution in [3.63, 3.8) is 0 Å². The number of carbonyl (C=O) groups is 1. The minimum Gasteiger partial charge on any atom is -0.403 e. The highest BCUT2D eigenvalue weighted by molar-refractivity contribution is 5.85. The van der Waals surface area contributed by atoms with E-state index in [4.69, 9.17) is 5.73 Å². The molecule has 212 valence electrons. The summed E-state index contributed by atoms with van der Waals surface area (Å²) in [5.74, 6) is 2.84. The van der Waals surface area contributed by atoms with Gasteiger partial charge < -0.3 is 5.73 Å². The number of carbonyl (C=O) groups excluding carboxylic acids is 1. The monoisotopic (exact) mass is 519 g/mol. The van der Waals surface area contributed by atoms with E-state index in [0.29, 0.717) is 40.6 Å². The van der Waals surface area contributed by atoms with Crippen LogP contribution in [-0.2, 0) is 4.79 Å². The first-order valence-electron chi connectivity index (χ1n) is 15.3. The van der Waals surface area contributed by atoms with E-state index < -0.39 is 0 Å². The molecule has 0 heterocycles. The molecule has 2 N–H and O–H groups in total. The summed E-state index contributed by atoms with van der Waals surface area (Å²) in [6.45, 7) is 33.1. The van der Waals surface area contributed by atoms with Gasteiger partial charge in [0, 0.05) is 17.5 Å². The summed E-state index contributed by atoms with van der Waals surface area (Å²) >= 11 is 0. The van der Waals surface area contributed by atoms with E-state index in [1.807, 2.05) is 0 Å². The summed E-state index contributed by atoms with van der Waals surface area (Å²) in [4.78, 5) is 14.5. The maximum absolute atomic E-state index is 14.5. The molecular formula is C36H57NO. The number of Topliss-reactive ketones (excluding diaryl/α,β-unsaturated/α-hetero) is 1. The van der Waals surface area contributed by atoms with Gasteiger partial charge in [0.2, 0.25) is 0 Å². The van der Waals surface area contributed by atoms with E-state index in [9.17, 15) is 4.79 Å². The molecule has 0 spiro atoms. The Morgan fingerprint density at radius 3 is 2.05 bits per heavy atom. The first-order chi connectivity index (χ1) is 17.6. The van der Waals surface area contributed by atoms with Crippen LogP contribution in [0.3, 0.4) is 0 Å². The molecule has 38 heavy (non-hydrogen) atoms. The van der Waals surface area contributed by atoms with Crippen molar-refractivity contribution in [3.8, 4) is 0 Å². The van der Waals surface area contributed by atoms with Crippen LogP contribution in [0.2, 0.25) is 0 Å². The highest BCUT2D eigenvalue weighted by atomic mass is 16.1. The van der Waals surface area contributed by atoms with Gasteiger partial charge >= 0.3 is 0 Å². The zero-order valence-electron chi connectivity index (χ0n) is 25.5. The predicted octanol–water partition coefficient (Wildman–Crippen LogP) is 9.74. The lowest BCUT2D eigenvalue weighted by atomic mass is 9.68. The first kappa shape index (κ1) is 30.7. The molecule has 3 aliphatic rings. The minimum atomic E-state index is 0.122. The number of rotatable bonds is 14. The second kappa shape index (κ2) is 12.1. The number of hydrogen-bond acceptors (Lipinski definition) is 2. The van der Waals surface area contributed by atoms with E-state index >= 15 is 0 Å². The van der Waals surface area contributed by atoms with Crippen LogP contribution in [0.4, 0.5) is 0 Å². The van der Waals surface area contributed by atoms with Gasteiger partial charge in [-0.05, 0) is 92.3 Å². The molecular weight excluding hydrogens is 462 g/mol. The third-order valence-electron chi connectivity index (χ3n) is 10.2. The molecule has 0 aliphatic heterocycles. The van der Waals surface area contributed by atoms with Crippen molar-refractivity contribution in [2.45, 2.75) is 112 Å². The molecule has 5 unspecified atom stereocenters. The number of fused-ring (bicyclic) bond motifs is 1. The molecule has 3 fully saturated rings. The fourth-order valence-corrected chi connectivity index (χ4v) is 8.04. The van der Waals surface area contributed by atoms with Crippen LogP contribution in [0, 0.1) is 46.3 Å². The summed E-state index contributed by atoms with van der Waals surface area (Å²) in [6.07, 6.45) is 12.5. The third kappa shape index (κ3) is 7.42. The van der Waals surface area contributed by atoms with Crippen molar-refractivity contribution in [3.05, 3.63) is 60.9 Å². The second-order valence-corrected chi connectivity index (χ2v) is 14.9. The Balaban J connectivity index is 1.74. The quantitative estimate of drug-likeness (QED) is 0.183. The highest BCUT2D eigenvalue weighted by Crippen LogP contribution is 2.72. The van der Waals surface area contributed by atoms with Crippen LogP contribution in [0.15, 0.2) is 60.9 Å². The SMILES string of the molecule is C=C(N)CCC(=C)C(=C)CCC(=C)C1C(C(=O)C(CC(=C)CC(C)(C)C)C2CCCCC2)CC2C1C2(C)C. The Hall–Kier alpha value is -1.83. The second-order valence-electron chi connectivity index (χ2n) is 14.9. The van der Waals surface area contributed by atoms with Crippen LogP contribution >= 0.6 is 0 Å². The van der Waals surface area contributed by atoms with Crippen LogP contribution in [0.1, 0.15) is 112 Å². The molecule has 3 aliphatic carbocycles. The number of allylic oxidation sites excluding steroid dienone is 5. The maximum atomic E-state index is 14.5. The van der Waals surface area contributed by atoms with Crippen molar-refractivity contribution >= 4 is 5.78 Å². The highest BCUT2D eigenvalue weighted by Gasteiger charge is 2.68. The third-order valence-corrected chi connectivity index (χ3v) is 10.2. The van der Waals surface area contributed by atoms with Crippen LogP contribution in [-0.4, -0.2) is 5.78 Å².